The average Bonchev–Trinajstić information content (AvgIpc) is 2.77. The lowest BCUT2D eigenvalue weighted by atomic mass is 10.1. The van der Waals surface area contributed by atoms with Gasteiger partial charge in [-0.15, -0.1) is 0 Å². The van der Waals surface area contributed by atoms with Crippen LogP contribution in [-0.4, -0.2) is 16.3 Å². The fourth-order valence-electron chi connectivity index (χ4n) is 2.29. The number of aryl methyl sites for hydroxylation is 3. The van der Waals surface area contributed by atoms with Gasteiger partial charge in [0.25, 0.3) is 0 Å². The minimum absolute atomic E-state index is 0.166. The molecule has 0 saturated heterocycles. The highest BCUT2D eigenvalue weighted by Crippen LogP contribution is 2.10. The molecular formula is C16H22FN3. The lowest BCUT2D eigenvalue weighted by Crippen LogP contribution is -2.18. The monoisotopic (exact) mass is 275 g/mol. The van der Waals surface area contributed by atoms with E-state index in [-0.39, 0.29) is 5.82 Å². The summed E-state index contributed by atoms with van der Waals surface area (Å²) in [6.07, 6.45) is 1.87. The summed E-state index contributed by atoms with van der Waals surface area (Å²) in [7, 11) is 1.97. The fraction of sp³-hybridized carbons (Fsp3) is 0.438. The summed E-state index contributed by atoms with van der Waals surface area (Å²) in [5.74, 6) is -0.166. The van der Waals surface area contributed by atoms with Gasteiger partial charge in [-0.2, -0.15) is 5.10 Å². The Kier molecular flexibility index (Phi) is 4.90. The van der Waals surface area contributed by atoms with Crippen LogP contribution in [0.4, 0.5) is 4.39 Å². The quantitative estimate of drug-likeness (QED) is 0.822. The molecule has 0 spiro atoms. The highest BCUT2D eigenvalue weighted by molar-refractivity contribution is 5.26. The summed E-state index contributed by atoms with van der Waals surface area (Å²) < 4.78 is 14.9. The Morgan fingerprint density at radius 2 is 2.10 bits per heavy atom. The molecule has 0 aliphatic heterocycles. The van der Waals surface area contributed by atoms with Crippen LogP contribution >= 0.6 is 0 Å². The van der Waals surface area contributed by atoms with Crippen LogP contribution in [0.2, 0.25) is 0 Å². The van der Waals surface area contributed by atoms with Crippen LogP contribution in [0.1, 0.15) is 29.4 Å². The SMILES string of the molecule is CCc1cc(CNCCc2ccc(F)cc2C)n(C)n1. The van der Waals surface area contributed by atoms with Crippen molar-refractivity contribution >= 4 is 0 Å². The maximum absolute atomic E-state index is 13.0. The van der Waals surface area contributed by atoms with Gasteiger partial charge in [0.2, 0.25) is 0 Å². The topological polar surface area (TPSA) is 29.9 Å². The van der Waals surface area contributed by atoms with E-state index < -0.39 is 0 Å². The van der Waals surface area contributed by atoms with E-state index in [0.29, 0.717) is 0 Å². The molecule has 0 aliphatic rings. The maximum Gasteiger partial charge on any atom is 0.123 e. The molecule has 108 valence electrons. The molecule has 1 N–H and O–H groups in total. The zero-order valence-electron chi connectivity index (χ0n) is 12.4. The van der Waals surface area contributed by atoms with E-state index in [1.165, 1.54) is 17.3 Å². The van der Waals surface area contributed by atoms with Crippen molar-refractivity contribution in [1.82, 2.24) is 15.1 Å². The predicted octanol–water partition coefficient (Wildman–Crippen LogP) is 2.76. The molecule has 2 rings (SSSR count). The first kappa shape index (κ1) is 14.7. The minimum Gasteiger partial charge on any atom is -0.311 e. The van der Waals surface area contributed by atoms with Crippen molar-refractivity contribution in [3.8, 4) is 0 Å². The maximum atomic E-state index is 13.0. The molecule has 4 heteroatoms. The van der Waals surface area contributed by atoms with E-state index in [1.807, 2.05) is 24.7 Å². The van der Waals surface area contributed by atoms with E-state index in [9.17, 15) is 4.39 Å². The van der Waals surface area contributed by atoms with Gasteiger partial charge in [0, 0.05) is 13.6 Å². The van der Waals surface area contributed by atoms with Crippen LogP contribution in [0.3, 0.4) is 0 Å². The van der Waals surface area contributed by atoms with E-state index >= 15 is 0 Å². The van der Waals surface area contributed by atoms with Crippen LogP contribution < -0.4 is 5.32 Å². The molecule has 1 aromatic carbocycles. The first-order valence-electron chi connectivity index (χ1n) is 7.07. The second-order valence-electron chi connectivity index (χ2n) is 5.10. The Balaban J connectivity index is 1.82. The zero-order chi connectivity index (χ0) is 14.5. The van der Waals surface area contributed by atoms with E-state index in [0.717, 1.165) is 37.2 Å². The standard InChI is InChI=1S/C16H22FN3/c1-4-15-10-16(20(3)19-15)11-18-8-7-13-5-6-14(17)9-12(13)2/h5-6,9-10,18H,4,7-8,11H2,1-3H3. The van der Waals surface area contributed by atoms with Crippen molar-refractivity contribution in [2.24, 2.45) is 7.05 Å². The van der Waals surface area contributed by atoms with Crippen molar-refractivity contribution in [1.29, 1.82) is 0 Å². The van der Waals surface area contributed by atoms with Gasteiger partial charge in [-0.1, -0.05) is 13.0 Å². The summed E-state index contributed by atoms with van der Waals surface area (Å²) in [4.78, 5) is 0. The number of nitrogens with zero attached hydrogens (tertiary/aromatic N) is 2. The van der Waals surface area contributed by atoms with Crippen molar-refractivity contribution in [3.05, 3.63) is 52.6 Å². The zero-order valence-corrected chi connectivity index (χ0v) is 12.4. The number of hydrogen-bond donors (Lipinski definition) is 1. The van der Waals surface area contributed by atoms with Gasteiger partial charge in [0.05, 0.1) is 11.4 Å². The Hall–Kier alpha value is -1.68. The van der Waals surface area contributed by atoms with Crippen molar-refractivity contribution in [3.63, 3.8) is 0 Å². The Morgan fingerprint density at radius 1 is 1.30 bits per heavy atom. The molecule has 3 nitrogen and oxygen atoms in total. The number of nitrogens with one attached hydrogen (secondary N) is 1. The molecule has 1 heterocycles. The lowest BCUT2D eigenvalue weighted by Gasteiger charge is -2.07. The van der Waals surface area contributed by atoms with Gasteiger partial charge in [0.15, 0.2) is 0 Å². The first-order chi connectivity index (χ1) is 9.60. The summed E-state index contributed by atoms with van der Waals surface area (Å²) in [6.45, 7) is 5.74. The first-order valence-corrected chi connectivity index (χ1v) is 7.07. The van der Waals surface area contributed by atoms with Gasteiger partial charge in [0.1, 0.15) is 5.82 Å². The van der Waals surface area contributed by atoms with Crippen molar-refractivity contribution in [2.45, 2.75) is 33.2 Å². The molecule has 0 bridgehead atoms. The smallest absolute Gasteiger partial charge is 0.123 e. The van der Waals surface area contributed by atoms with Crippen LogP contribution in [0, 0.1) is 12.7 Å². The third kappa shape index (κ3) is 3.67. The second kappa shape index (κ2) is 6.66. The molecule has 0 saturated carbocycles. The molecule has 0 atom stereocenters. The van der Waals surface area contributed by atoms with E-state index in [1.54, 1.807) is 6.07 Å². The van der Waals surface area contributed by atoms with Gasteiger partial charge < -0.3 is 5.32 Å². The predicted molar refractivity (Wildman–Crippen MR) is 79.1 cm³/mol. The van der Waals surface area contributed by atoms with Gasteiger partial charge in [-0.25, -0.2) is 4.39 Å². The Bertz CT molecular complexity index is 575. The van der Waals surface area contributed by atoms with Crippen LogP contribution in [0.15, 0.2) is 24.3 Å². The number of aromatic nitrogens is 2. The molecule has 0 fully saturated rings. The highest BCUT2D eigenvalue weighted by Gasteiger charge is 2.04. The summed E-state index contributed by atoms with van der Waals surface area (Å²) in [6, 6.07) is 7.11. The summed E-state index contributed by atoms with van der Waals surface area (Å²) >= 11 is 0. The number of rotatable bonds is 6. The third-order valence-electron chi connectivity index (χ3n) is 3.57. The molecule has 0 radical (unpaired) electrons. The second-order valence-corrected chi connectivity index (χ2v) is 5.10. The molecule has 1 aromatic heterocycles. The van der Waals surface area contributed by atoms with Crippen LogP contribution in [-0.2, 0) is 26.4 Å². The fourth-order valence-corrected chi connectivity index (χ4v) is 2.29. The number of benzene rings is 1. The van der Waals surface area contributed by atoms with Crippen molar-refractivity contribution in [2.75, 3.05) is 6.54 Å². The Labute approximate surface area is 119 Å². The van der Waals surface area contributed by atoms with Crippen LogP contribution in [0.25, 0.3) is 0 Å². The summed E-state index contributed by atoms with van der Waals surface area (Å²) in [5, 5.41) is 7.84. The molecule has 0 unspecified atom stereocenters. The van der Waals surface area contributed by atoms with Gasteiger partial charge in [-0.05, 0) is 55.6 Å². The molecule has 0 aliphatic carbocycles. The minimum atomic E-state index is -0.166. The van der Waals surface area contributed by atoms with E-state index in [4.69, 9.17) is 0 Å². The Morgan fingerprint density at radius 3 is 2.75 bits per heavy atom. The summed E-state index contributed by atoms with van der Waals surface area (Å²) in [5.41, 5.74) is 4.52. The molecule has 2 aromatic rings. The van der Waals surface area contributed by atoms with Crippen molar-refractivity contribution < 1.29 is 4.39 Å². The lowest BCUT2D eigenvalue weighted by molar-refractivity contribution is 0.616. The molecular weight excluding hydrogens is 253 g/mol. The van der Waals surface area contributed by atoms with Gasteiger partial charge in [-0.3, -0.25) is 4.68 Å². The largest absolute Gasteiger partial charge is 0.311 e. The average molecular weight is 275 g/mol. The van der Waals surface area contributed by atoms with Gasteiger partial charge >= 0.3 is 0 Å². The third-order valence-corrected chi connectivity index (χ3v) is 3.57. The number of hydrogen-bond acceptors (Lipinski definition) is 2. The molecule has 0 amide bonds. The normalized spacial score (nSPS) is 11.0. The van der Waals surface area contributed by atoms with Crippen LogP contribution in [0.5, 0.6) is 0 Å². The molecule has 20 heavy (non-hydrogen) atoms. The highest BCUT2D eigenvalue weighted by atomic mass is 19.1. The van der Waals surface area contributed by atoms with E-state index in [2.05, 4.69) is 23.4 Å². The number of halogens is 1.